The van der Waals surface area contributed by atoms with E-state index in [1.165, 1.54) is 6.07 Å². The quantitative estimate of drug-likeness (QED) is 0.223. The second-order valence-corrected chi connectivity index (χ2v) is 8.40. The van der Waals surface area contributed by atoms with Gasteiger partial charge in [-0.15, -0.1) is 0 Å². The zero-order chi connectivity index (χ0) is 25.2. The van der Waals surface area contributed by atoms with Crippen LogP contribution in [-0.4, -0.2) is 16.2 Å². The second-order valence-electron chi connectivity index (χ2n) is 8.40. The number of aromatic hydroxyl groups is 2. The number of carbonyl (C=O) groups is 1. The van der Waals surface area contributed by atoms with E-state index >= 15 is 0 Å². The fourth-order valence-electron chi connectivity index (χ4n) is 3.87. The number of ether oxygens (including phenoxy) is 1. The number of hydrogen-bond acceptors (Lipinski definition) is 6. The van der Waals surface area contributed by atoms with E-state index in [2.05, 4.69) is 11.6 Å². The highest BCUT2D eigenvalue weighted by atomic mass is 16.6. The standard InChI is InChI=1S/C30H29NO5/c32-26-19-24-18-25(31-35-21-22-12-6-4-7-13-22)16-10-2-1-3-11-17-28(23-14-8-5-9-15-23)36-30(34)29(24)27(33)20-26/h3-16,18-20,28,31-33H,1-2,17,21H2/b11-3?,16-10?,25-18-/t28-/m1/s1. The summed E-state index contributed by atoms with van der Waals surface area (Å²) in [5.41, 5.74) is 5.58. The highest BCUT2D eigenvalue weighted by Crippen LogP contribution is 2.32. The van der Waals surface area contributed by atoms with Crippen molar-refractivity contribution in [2.45, 2.75) is 32.0 Å². The van der Waals surface area contributed by atoms with E-state index in [1.807, 2.05) is 78.9 Å². The molecule has 0 bridgehead atoms. The molecule has 0 fully saturated rings. The van der Waals surface area contributed by atoms with Crippen LogP contribution in [0.3, 0.4) is 0 Å². The normalized spacial score (nSPS) is 17.8. The Morgan fingerprint density at radius 1 is 0.917 bits per heavy atom. The first kappa shape index (κ1) is 24.8. The van der Waals surface area contributed by atoms with Crippen molar-refractivity contribution in [3.8, 4) is 11.5 Å². The number of rotatable bonds is 5. The number of benzene rings is 3. The SMILES string of the molecule is O=C1O[C@@H](c2ccccc2)CC=CCCC=C/C(NOCc2ccccc2)=C/c2cc(O)cc(O)c21. The van der Waals surface area contributed by atoms with Gasteiger partial charge in [-0.2, -0.15) is 0 Å². The third kappa shape index (κ3) is 6.87. The molecule has 0 radical (unpaired) electrons. The average molecular weight is 484 g/mol. The Kier molecular flexibility index (Phi) is 8.57. The van der Waals surface area contributed by atoms with Gasteiger partial charge < -0.3 is 14.9 Å². The topological polar surface area (TPSA) is 88.0 Å². The number of nitrogens with one attached hydrogen (secondary N) is 1. The monoisotopic (exact) mass is 483 g/mol. The van der Waals surface area contributed by atoms with E-state index < -0.39 is 12.1 Å². The number of carbonyl (C=O) groups excluding carboxylic acids is 1. The summed E-state index contributed by atoms with van der Waals surface area (Å²) in [4.78, 5) is 19.0. The Balaban J connectivity index is 1.66. The lowest BCUT2D eigenvalue weighted by Crippen LogP contribution is -2.15. The first-order valence-electron chi connectivity index (χ1n) is 11.9. The van der Waals surface area contributed by atoms with Crippen LogP contribution in [0.15, 0.2) is 103 Å². The number of esters is 1. The molecule has 0 aliphatic carbocycles. The van der Waals surface area contributed by atoms with Crippen molar-refractivity contribution < 1.29 is 24.6 Å². The molecule has 0 spiro atoms. The fourth-order valence-corrected chi connectivity index (χ4v) is 3.87. The van der Waals surface area contributed by atoms with Crippen molar-refractivity contribution in [3.05, 3.63) is 125 Å². The molecular weight excluding hydrogens is 454 g/mol. The van der Waals surface area contributed by atoms with Crippen molar-refractivity contribution in [1.82, 2.24) is 5.48 Å². The number of phenols is 2. The fraction of sp³-hybridized carbons (Fsp3) is 0.167. The number of fused-ring (bicyclic) bond motifs is 1. The molecular formula is C30H29NO5. The van der Waals surface area contributed by atoms with Gasteiger partial charge in [0.2, 0.25) is 0 Å². The molecule has 1 heterocycles. The summed E-state index contributed by atoms with van der Waals surface area (Å²) in [7, 11) is 0. The molecule has 1 atom stereocenters. The van der Waals surface area contributed by atoms with Crippen LogP contribution in [0.1, 0.15) is 52.4 Å². The van der Waals surface area contributed by atoms with Gasteiger partial charge in [0.05, 0.1) is 12.3 Å². The minimum absolute atomic E-state index is 0.0365. The van der Waals surface area contributed by atoms with Crippen molar-refractivity contribution in [3.63, 3.8) is 0 Å². The van der Waals surface area contributed by atoms with Crippen LogP contribution in [0.4, 0.5) is 0 Å². The van der Waals surface area contributed by atoms with Crippen molar-refractivity contribution in [1.29, 1.82) is 0 Å². The van der Waals surface area contributed by atoms with Gasteiger partial charge in [0.15, 0.2) is 0 Å². The van der Waals surface area contributed by atoms with Gasteiger partial charge in [0.1, 0.15) is 23.2 Å². The molecule has 0 aromatic heterocycles. The van der Waals surface area contributed by atoms with E-state index in [0.29, 0.717) is 24.3 Å². The largest absolute Gasteiger partial charge is 0.508 e. The van der Waals surface area contributed by atoms with E-state index in [0.717, 1.165) is 30.0 Å². The second kappa shape index (κ2) is 12.4. The van der Waals surface area contributed by atoms with E-state index in [9.17, 15) is 15.0 Å². The van der Waals surface area contributed by atoms with Crippen LogP contribution in [-0.2, 0) is 16.2 Å². The lowest BCUT2D eigenvalue weighted by molar-refractivity contribution is 0.0299. The van der Waals surface area contributed by atoms with Crippen molar-refractivity contribution in [2.24, 2.45) is 0 Å². The molecule has 1 aliphatic rings. The van der Waals surface area contributed by atoms with Crippen molar-refractivity contribution in [2.75, 3.05) is 0 Å². The summed E-state index contributed by atoms with van der Waals surface area (Å²) < 4.78 is 5.87. The third-order valence-electron chi connectivity index (χ3n) is 5.65. The maximum Gasteiger partial charge on any atom is 0.343 e. The lowest BCUT2D eigenvalue weighted by atomic mass is 10.0. The summed E-state index contributed by atoms with van der Waals surface area (Å²) in [6.45, 7) is 0.327. The molecule has 3 N–H and O–H groups in total. The number of phenolic OH excluding ortho intramolecular Hbond substituents is 2. The van der Waals surface area contributed by atoms with E-state index in [1.54, 1.807) is 6.08 Å². The van der Waals surface area contributed by atoms with Crippen LogP contribution in [0.2, 0.25) is 0 Å². The molecule has 3 aromatic rings. The Bertz CT molecular complexity index is 1250. The van der Waals surface area contributed by atoms with Gasteiger partial charge in [-0.05, 0) is 47.8 Å². The van der Waals surface area contributed by atoms with Gasteiger partial charge in [-0.25, -0.2) is 4.79 Å². The smallest absolute Gasteiger partial charge is 0.343 e. The molecule has 36 heavy (non-hydrogen) atoms. The Morgan fingerprint density at radius 3 is 2.42 bits per heavy atom. The van der Waals surface area contributed by atoms with Gasteiger partial charge in [0, 0.05) is 12.5 Å². The number of hydrogen-bond donors (Lipinski definition) is 3. The minimum Gasteiger partial charge on any atom is -0.508 e. The molecule has 0 saturated carbocycles. The summed E-state index contributed by atoms with van der Waals surface area (Å²) in [6, 6.07) is 21.7. The van der Waals surface area contributed by atoms with Crippen LogP contribution in [0, 0.1) is 0 Å². The third-order valence-corrected chi connectivity index (χ3v) is 5.65. The van der Waals surface area contributed by atoms with Crippen LogP contribution >= 0.6 is 0 Å². The van der Waals surface area contributed by atoms with Crippen LogP contribution < -0.4 is 5.48 Å². The van der Waals surface area contributed by atoms with Gasteiger partial charge in [-0.3, -0.25) is 10.3 Å². The zero-order valence-electron chi connectivity index (χ0n) is 19.8. The molecule has 1 aliphatic heterocycles. The summed E-state index contributed by atoms with van der Waals surface area (Å²) in [5, 5.41) is 20.8. The molecule has 3 aromatic carbocycles. The molecule has 6 nitrogen and oxygen atoms in total. The number of allylic oxidation sites excluding steroid dienone is 3. The molecule has 184 valence electrons. The summed E-state index contributed by atoms with van der Waals surface area (Å²) in [5.74, 6) is -1.23. The lowest BCUT2D eigenvalue weighted by Gasteiger charge is -2.19. The Morgan fingerprint density at radius 2 is 1.64 bits per heavy atom. The van der Waals surface area contributed by atoms with Gasteiger partial charge >= 0.3 is 5.97 Å². The van der Waals surface area contributed by atoms with Crippen LogP contribution in [0.5, 0.6) is 11.5 Å². The first-order valence-corrected chi connectivity index (χ1v) is 11.9. The van der Waals surface area contributed by atoms with Gasteiger partial charge in [0.25, 0.3) is 0 Å². The number of cyclic esters (lactones) is 1. The number of hydroxylamine groups is 1. The minimum atomic E-state index is -0.688. The molecule has 4 rings (SSSR count). The highest BCUT2D eigenvalue weighted by molar-refractivity contribution is 5.97. The molecule has 0 saturated heterocycles. The van der Waals surface area contributed by atoms with E-state index in [-0.39, 0.29) is 17.1 Å². The molecule has 6 heteroatoms. The highest BCUT2D eigenvalue weighted by Gasteiger charge is 2.23. The predicted molar refractivity (Wildman–Crippen MR) is 139 cm³/mol. The summed E-state index contributed by atoms with van der Waals surface area (Å²) >= 11 is 0. The van der Waals surface area contributed by atoms with Crippen LogP contribution in [0.25, 0.3) is 6.08 Å². The maximum atomic E-state index is 13.3. The van der Waals surface area contributed by atoms with E-state index in [4.69, 9.17) is 9.57 Å². The molecule has 0 amide bonds. The maximum absolute atomic E-state index is 13.3. The first-order chi connectivity index (χ1) is 17.6. The average Bonchev–Trinajstić information content (AvgIpc) is 2.87. The zero-order valence-corrected chi connectivity index (χ0v) is 19.8. The molecule has 0 unspecified atom stereocenters. The summed E-state index contributed by atoms with van der Waals surface area (Å²) in [6.07, 6.45) is 11.1. The Labute approximate surface area is 210 Å². The van der Waals surface area contributed by atoms with Gasteiger partial charge in [-0.1, -0.05) is 78.9 Å². The van der Waals surface area contributed by atoms with Crippen molar-refractivity contribution >= 4 is 12.0 Å². The Hall–Kier alpha value is -4.29. The predicted octanol–water partition coefficient (Wildman–Crippen LogP) is 6.35.